The molecule has 0 amide bonds. The van der Waals surface area contributed by atoms with Crippen LogP contribution in [0.1, 0.15) is 52.4 Å². The third-order valence-corrected chi connectivity index (χ3v) is 6.42. The van der Waals surface area contributed by atoms with Crippen molar-refractivity contribution in [3.63, 3.8) is 0 Å². The van der Waals surface area contributed by atoms with Crippen molar-refractivity contribution < 1.29 is 0 Å². The van der Waals surface area contributed by atoms with Crippen LogP contribution in [-0.4, -0.2) is 13.1 Å². The van der Waals surface area contributed by atoms with E-state index in [9.17, 15) is 0 Å². The Morgan fingerprint density at radius 1 is 0.571 bits per heavy atom. The zero-order chi connectivity index (χ0) is 19.9. The molecule has 0 radical (unpaired) electrons. The van der Waals surface area contributed by atoms with E-state index in [2.05, 4.69) is 58.6 Å². The summed E-state index contributed by atoms with van der Waals surface area (Å²) >= 11 is 0. The minimum absolute atomic E-state index is 0.814. The monoisotopic (exact) mass is 414 g/mol. The van der Waals surface area contributed by atoms with Crippen molar-refractivity contribution in [2.75, 3.05) is 13.1 Å². The van der Waals surface area contributed by atoms with Crippen molar-refractivity contribution in [3.8, 4) is 0 Å². The van der Waals surface area contributed by atoms with Gasteiger partial charge in [-0.3, -0.25) is 0 Å². The van der Waals surface area contributed by atoms with Crippen LogP contribution in [0.25, 0.3) is 0 Å². The summed E-state index contributed by atoms with van der Waals surface area (Å²) in [6, 6.07) is 16.5. The SMILES string of the molecule is CCCCCN=Nc1ccc(SSc2ccc(N=NCCCCC)cc2)cc1. The molecule has 0 atom stereocenters. The highest BCUT2D eigenvalue weighted by atomic mass is 33.1. The number of rotatable bonds is 13. The zero-order valence-corrected chi connectivity index (χ0v) is 18.5. The highest BCUT2D eigenvalue weighted by molar-refractivity contribution is 8.76. The molecule has 150 valence electrons. The molecule has 0 saturated carbocycles. The standard InChI is InChI=1S/C22H30N4S2/c1-3-5-7-17-23-25-19-9-13-21(14-10-19)27-28-22-15-11-20(12-16-22)26-24-18-8-6-4-2/h9-16H,3-8,17-18H2,1-2H3. The Labute approximate surface area is 177 Å². The van der Waals surface area contributed by atoms with Gasteiger partial charge in [0.15, 0.2) is 0 Å². The first-order valence-corrected chi connectivity index (χ1v) is 12.3. The van der Waals surface area contributed by atoms with E-state index in [1.165, 1.54) is 35.5 Å². The highest BCUT2D eigenvalue weighted by Crippen LogP contribution is 2.38. The van der Waals surface area contributed by atoms with Crippen molar-refractivity contribution in [3.05, 3.63) is 48.5 Å². The quantitative estimate of drug-likeness (QED) is 0.186. The van der Waals surface area contributed by atoms with Crippen molar-refractivity contribution in [2.24, 2.45) is 20.5 Å². The molecule has 0 N–H and O–H groups in total. The van der Waals surface area contributed by atoms with Gasteiger partial charge < -0.3 is 0 Å². The smallest absolute Gasteiger partial charge is 0.0853 e. The molecule has 0 fully saturated rings. The van der Waals surface area contributed by atoms with Crippen LogP contribution in [0.2, 0.25) is 0 Å². The summed E-state index contributed by atoms with van der Waals surface area (Å²) in [5.74, 6) is 0. The third kappa shape index (κ3) is 9.51. The van der Waals surface area contributed by atoms with Gasteiger partial charge in [0.2, 0.25) is 0 Å². The highest BCUT2D eigenvalue weighted by Gasteiger charge is 1.99. The first-order valence-electron chi connectivity index (χ1n) is 10.1. The average Bonchev–Trinajstić information content (AvgIpc) is 2.74. The second-order valence-electron chi connectivity index (χ2n) is 6.50. The van der Waals surface area contributed by atoms with Gasteiger partial charge >= 0.3 is 0 Å². The Bertz CT molecular complexity index is 649. The van der Waals surface area contributed by atoms with Crippen LogP contribution in [0.5, 0.6) is 0 Å². The largest absolute Gasteiger partial charge is 0.189 e. The van der Waals surface area contributed by atoms with Gasteiger partial charge in [-0.25, -0.2) is 0 Å². The molecular formula is C22H30N4S2. The maximum atomic E-state index is 4.28. The molecule has 0 heterocycles. The number of azo groups is 2. The van der Waals surface area contributed by atoms with Gasteiger partial charge in [-0.1, -0.05) is 61.1 Å². The molecule has 0 spiro atoms. The lowest BCUT2D eigenvalue weighted by atomic mass is 10.3. The first kappa shape index (κ1) is 22.6. The fraction of sp³-hybridized carbons (Fsp3) is 0.455. The Kier molecular flexibility index (Phi) is 11.6. The van der Waals surface area contributed by atoms with Gasteiger partial charge in [0.25, 0.3) is 0 Å². The fourth-order valence-corrected chi connectivity index (χ4v) is 4.29. The van der Waals surface area contributed by atoms with Gasteiger partial charge in [-0.05, 0) is 61.4 Å². The summed E-state index contributed by atoms with van der Waals surface area (Å²) in [5.41, 5.74) is 1.83. The van der Waals surface area contributed by atoms with Crippen LogP contribution in [0, 0.1) is 0 Å². The second kappa shape index (κ2) is 14.4. The van der Waals surface area contributed by atoms with Gasteiger partial charge in [0.05, 0.1) is 24.5 Å². The molecule has 0 saturated heterocycles. The maximum absolute atomic E-state index is 4.28. The summed E-state index contributed by atoms with van der Waals surface area (Å²) in [4.78, 5) is 2.41. The molecule has 0 aliphatic heterocycles. The Hall–Kier alpha value is -1.66. The van der Waals surface area contributed by atoms with Crippen molar-refractivity contribution >= 4 is 33.0 Å². The number of hydrogen-bond acceptors (Lipinski definition) is 6. The molecule has 2 rings (SSSR count). The molecule has 0 bridgehead atoms. The van der Waals surface area contributed by atoms with Crippen molar-refractivity contribution in [2.45, 2.75) is 62.2 Å². The molecular weight excluding hydrogens is 384 g/mol. The number of hydrogen-bond donors (Lipinski definition) is 0. The molecule has 28 heavy (non-hydrogen) atoms. The predicted molar refractivity (Wildman–Crippen MR) is 122 cm³/mol. The van der Waals surface area contributed by atoms with E-state index in [-0.39, 0.29) is 0 Å². The Morgan fingerprint density at radius 2 is 0.964 bits per heavy atom. The van der Waals surface area contributed by atoms with E-state index in [1.807, 2.05) is 24.3 Å². The molecule has 4 nitrogen and oxygen atoms in total. The summed E-state index contributed by atoms with van der Waals surface area (Å²) < 4.78 is 0. The van der Waals surface area contributed by atoms with Gasteiger partial charge in [-0.15, -0.1) is 0 Å². The molecule has 6 heteroatoms. The van der Waals surface area contributed by atoms with E-state index < -0.39 is 0 Å². The summed E-state index contributed by atoms with van der Waals surface area (Å²) in [6.07, 6.45) is 7.09. The van der Waals surface area contributed by atoms with Crippen LogP contribution in [-0.2, 0) is 0 Å². The topological polar surface area (TPSA) is 49.4 Å². The van der Waals surface area contributed by atoms with E-state index in [4.69, 9.17) is 0 Å². The van der Waals surface area contributed by atoms with Gasteiger partial charge in [-0.2, -0.15) is 20.5 Å². The summed E-state index contributed by atoms with van der Waals surface area (Å²) in [7, 11) is 3.48. The average molecular weight is 415 g/mol. The second-order valence-corrected chi connectivity index (χ2v) is 8.77. The van der Waals surface area contributed by atoms with E-state index in [0.29, 0.717) is 0 Å². The van der Waals surface area contributed by atoms with E-state index in [0.717, 1.165) is 37.3 Å². The lowest BCUT2D eigenvalue weighted by Crippen LogP contribution is -1.78. The van der Waals surface area contributed by atoms with E-state index in [1.54, 1.807) is 21.6 Å². The lowest BCUT2D eigenvalue weighted by Gasteiger charge is -2.02. The molecule has 0 aliphatic rings. The summed E-state index contributed by atoms with van der Waals surface area (Å²) in [5, 5.41) is 17.0. The molecule has 2 aromatic carbocycles. The molecule has 0 aliphatic carbocycles. The fourth-order valence-electron chi connectivity index (χ4n) is 2.36. The molecule has 0 unspecified atom stereocenters. The van der Waals surface area contributed by atoms with E-state index >= 15 is 0 Å². The number of unbranched alkanes of at least 4 members (excludes halogenated alkanes) is 4. The van der Waals surface area contributed by atoms with Crippen LogP contribution >= 0.6 is 21.6 Å². The summed E-state index contributed by atoms with van der Waals surface area (Å²) in [6.45, 7) is 6.02. The predicted octanol–water partition coefficient (Wildman–Crippen LogP) is 9.03. The normalized spacial score (nSPS) is 11.6. The number of benzene rings is 2. The van der Waals surface area contributed by atoms with Crippen LogP contribution in [0.4, 0.5) is 11.4 Å². The maximum Gasteiger partial charge on any atom is 0.0853 e. The van der Waals surface area contributed by atoms with Gasteiger partial charge in [0, 0.05) is 9.79 Å². The zero-order valence-electron chi connectivity index (χ0n) is 16.9. The minimum Gasteiger partial charge on any atom is -0.189 e. The van der Waals surface area contributed by atoms with Crippen LogP contribution in [0.3, 0.4) is 0 Å². The number of nitrogens with zero attached hydrogens (tertiary/aromatic N) is 4. The first-order chi connectivity index (χ1) is 13.8. The Morgan fingerprint density at radius 3 is 1.32 bits per heavy atom. The van der Waals surface area contributed by atoms with Crippen molar-refractivity contribution in [1.82, 2.24) is 0 Å². The lowest BCUT2D eigenvalue weighted by molar-refractivity contribution is 0.713. The Balaban J connectivity index is 1.74. The minimum atomic E-state index is 0.814. The van der Waals surface area contributed by atoms with Crippen LogP contribution < -0.4 is 0 Å². The van der Waals surface area contributed by atoms with Gasteiger partial charge in [0.1, 0.15) is 0 Å². The third-order valence-electron chi connectivity index (χ3n) is 4.00. The van der Waals surface area contributed by atoms with Crippen molar-refractivity contribution in [1.29, 1.82) is 0 Å². The van der Waals surface area contributed by atoms with Crippen LogP contribution in [0.15, 0.2) is 78.8 Å². The molecule has 0 aromatic heterocycles. The molecule has 2 aromatic rings.